The normalized spacial score (nSPS) is 10.9. The van der Waals surface area contributed by atoms with Crippen LogP contribution in [0.25, 0.3) is 0 Å². The third-order valence-electron chi connectivity index (χ3n) is 4.88. The van der Waals surface area contributed by atoms with Crippen molar-refractivity contribution in [2.75, 3.05) is 30.4 Å². The zero-order valence-electron chi connectivity index (χ0n) is 19.3. The molecule has 3 rings (SSSR count). The number of methoxy groups -OCH3 is 1. The Morgan fingerprint density at radius 2 is 1.59 bits per heavy atom. The second-order valence-corrected chi connectivity index (χ2v) is 9.02. The van der Waals surface area contributed by atoms with Gasteiger partial charge in [-0.3, -0.25) is 9.52 Å². The number of rotatable bonds is 11. The minimum atomic E-state index is -3.90. The average Bonchev–Trinajstić information content (AvgIpc) is 2.82. The van der Waals surface area contributed by atoms with Crippen LogP contribution in [0.3, 0.4) is 0 Å². The van der Waals surface area contributed by atoms with Gasteiger partial charge in [-0.15, -0.1) is 0 Å². The number of para-hydroxylation sites is 2. The Bertz CT molecular complexity index is 1230. The SMILES string of the molecule is CCOc1ccc(OCCC(=O)Nc2cc(S(=O)(=O)Nc3ccccc3OC)ccc2C)cc1. The second kappa shape index (κ2) is 11.4. The summed E-state index contributed by atoms with van der Waals surface area (Å²) in [6.45, 7) is 4.45. The number of amides is 1. The van der Waals surface area contributed by atoms with Gasteiger partial charge in [0, 0.05) is 5.69 Å². The molecular weight excluding hydrogens is 456 g/mol. The fourth-order valence-electron chi connectivity index (χ4n) is 3.11. The van der Waals surface area contributed by atoms with Crippen LogP contribution in [0.2, 0.25) is 0 Å². The maximum absolute atomic E-state index is 12.9. The standard InChI is InChI=1S/C25H28N2O6S/c1-4-32-19-10-12-20(13-11-19)33-16-15-25(28)26-23-17-21(14-9-18(23)2)34(29,30)27-22-7-5-6-8-24(22)31-3/h5-14,17,27H,4,15-16H2,1-3H3,(H,26,28). The highest BCUT2D eigenvalue weighted by Crippen LogP contribution is 2.28. The van der Waals surface area contributed by atoms with Crippen molar-refractivity contribution in [3.63, 3.8) is 0 Å². The van der Waals surface area contributed by atoms with E-state index in [0.29, 0.717) is 29.5 Å². The highest BCUT2D eigenvalue weighted by atomic mass is 32.2. The lowest BCUT2D eigenvalue weighted by atomic mass is 10.2. The van der Waals surface area contributed by atoms with Crippen LogP contribution in [-0.4, -0.2) is 34.6 Å². The van der Waals surface area contributed by atoms with Gasteiger partial charge in [0.15, 0.2) is 0 Å². The topological polar surface area (TPSA) is 103 Å². The van der Waals surface area contributed by atoms with E-state index in [-0.39, 0.29) is 23.8 Å². The summed E-state index contributed by atoms with van der Waals surface area (Å²) in [5.74, 6) is 1.49. The van der Waals surface area contributed by atoms with Crippen LogP contribution in [0.15, 0.2) is 71.6 Å². The van der Waals surface area contributed by atoms with Gasteiger partial charge in [0.05, 0.1) is 37.3 Å². The van der Waals surface area contributed by atoms with Crippen molar-refractivity contribution >= 4 is 27.3 Å². The molecule has 0 fully saturated rings. The van der Waals surface area contributed by atoms with Crippen molar-refractivity contribution in [1.82, 2.24) is 0 Å². The van der Waals surface area contributed by atoms with Gasteiger partial charge in [-0.25, -0.2) is 8.42 Å². The number of nitrogens with one attached hydrogen (secondary N) is 2. The molecule has 0 saturated heterocycles. The number of anilines is 2. The van der Waals surface area contributed by atoms with Crippen molar-refractivity contribution in [3.05, 3.63) is 72.3 Å². The van der Waals surface area contributed by atoms with Gasteiger partial charge in [0.25, 0.3) is 10.0 Å². The van der Waals surface area contributed by atoms with E-state index in [1.807, 2.05) is 6.92 Å². The Hall–Kier alpha value is -3.72. The Balaban J connectivity index is 1.62. The molecule has 0 heterocycles. The number of ether oxygens (including phenoxy) is 3. The van der Waals surface area contributed by atoms with Crippen LogP contribution in [-0.2, 0) is 14.8 Å². The summed E-state index contributed by atoms with van der Waals surface area (Å²) in [4.78, 5) is 12.5. The summed E-state index contributed by atoms with van der Waals surface area (Å²) in [6.07, 6.45) is 0.100. The van der Waals surface area contributed by atoms with E-state index in [0.717, 1.165) is 11.3 Å². The van der Waals surface area contributed by atoms with E-state index in [2.05, 4.69) is 10.0 Å². The van der Waals surface area contributed by atoms with Gasteiger partial charge in [0.1, 0.15) is 17.2 Å². The first kappa shape index (κ1) is 24.9. The third-order valence-corrected chi connectivity index (χ3v) is 6.24. The predicted molar refractivity (Wildman–Crippen MR) is 131 cm³/mol. The molecule has 9 heteroatoms. The van der Waals surface area contributed by atoms with Crippen LogP contribution in [0, 0.1) is 6.92 Å². The van der Waals surface area contributed by atoms with E-state index in [9.17, 15) is 13.2 Å². The highest BCUT2D eigenvalue weighted by molar-refractivity contribution is 7.92. The van der Waals surface area contributed by atoms with Gasteiger partial charge in [0.2, 0.25) is 5.91 Å². The van der Waals surface area contributed by atoms with E-state index >= 15 is 0 Å². The van der Waals surface area contributed by atoms with Gasteiger partial charge < -0.3 is 19.5 Å². The van der Waals surface area contributed by atoms with Crippen LogP contribution in [0.1, 0.15) is 18.9 Å². The lowest BCUT2D eigenvalue weighted by molar-refractivity contribution is -0.116. The zero-order valence-corrected chi connectivity index (χ0v) is 20.1. The van der Waals surface area contributed by atoms with Crippen molar-refractivity contribution in [2.45, 2.75) is 25.2 Å². The fraction of sp³-hybridized carbons (Fsp3) is 0.240. The molecule has 0 atom stereocenters. The van der Waals surface area contributed by atoms with Crippen molar-refractivity contribution in [1.29, 1.82) is 0 Å². The molecule has 0 aliphatic carbocycles. The van der Waals surface area contributed by atoms with Crippen LogP contribution < -0.4 is 24.2 Å². The maximum Gasteiger partial charge on any atom is 0.262 e. The monoisotopic (exact) mass is 484 g/mol. The fourth-order valence-corrected chi connectivity index (χ4v) is 4.20. The van der Waals surface area contributed by atoms with Gasteiger partial charge in [-0.1, -0.05) is 18.2 Å². The van der Waals surface area contributed by atoms with E-state index in [4.69, 9.17) is 14.2 Å². The first-order valence-electron chi connectivity index (χ1n) is 10.7. The Morgan fingerprint density at radius 3 is 2.26 bits per heavy atom. The molecule has 0 aliphatic rings. The van der Waals surface area contributed by atoms with Crippen LogP contribution >= 0.6 is 0 Å². The van der Waals surface area contributed by atoms with E-state index in [1.165, 1.54) is 19.2 Å². The minimum absolute atomic E-state index is 0.0185. The number of carbonyl (C=O) groups excluding carboxylic acids is 1. The summed E-state index contributed by atoms with van der Waals surface area (Å²) in [5, 5.41) is 2.77. The Labute approximate surface area is 199 Å². The minimum Gasteiger partial charge on any atom is -0.495 e. The largest absolute Gasteiger partial charge is 0.495 e. The maximum atomic E-state index is 12.9. The summed E-state index contributed by atoms with van der Waals surface area (Å²) in [5.41, 5.74) is 1.47. The van der Waals surface area contributed by atoms with E-state index < -0.39 is 10.0 Å². The first-order chi connectivity index (χ1) is 16.3. The predicted octanol–water partition coefficient (Wildman–Crippen LogP) is 4.61. The molecule has 3 aromatic rings. The quantitative estimate of drug-likeness (QED) is 0.412. The van der Waals surface area contributed by atoms with Crippen LogP contribution in [0.4, 0.5) is 11.4 Å². The number of hydrogen-bond donors (Lipinski definition) is 2. The molecule has 0 radical (unpaired) electrons. The molecule has 1 amide bonds. The molecule has 0 aliphatic heterocycles. The molecule has 2 N–H and O–H groups in total. The number of hydrogen-bond acceptors (Lipinski definition) is 6. The van der Waals surface area contributed by atoms with E-state index in [1.54, 1.807) is 61.5 Å². The van der Waals surface area contributed by atoms with Crippen molar-refractivity contribution in [2.24, 2.45) is 0 Å². The Morgan fingerprint density at radius 1 is 0.912 bits per heavy atom. The molecule has 0 saturated carbocycles. The number of benzene rings is 3. The third kappa shape index (κ3) is 6.64. The second-order valence-electron chi connectivity index (χ2n) is 7.33. The average molecular weight is 485 g/mol. The van der Waals surface area contributed by atoms with Crippen molar-refractivity contribution < 1.29 is 27.4 Å². The molecular formula is C25H28N2O6S. The Kier molecular flexibility index (Phi) is 8.37. The molecule has 0 aromatic heterocycles. The zero-order chi connectivity index (χ0) is 24.6. The lowest BCUT2D eigenvalue weighted by Gasteiger charge is -2.14. The first-order valence-corrected chi connectivity index (χ1v) is 12.2. The molecule has 0 bridgehead atoms. The number of carbonyl (C=O) groups is 1. The number of aryl methyl sites for hydroxylation is 1. The van der Waals surface area contributed by atoms with Gasteiger partial charge >= 0.3 is 0 Å². The molecule has 3 aromatic carbocycles. The number of sulfonamides is 1. The van der Waals surface area contributed by atoms with Gasteiger partial charge in [-0.05, 0) is 67.9 Å². The summed E-state index contributed by atoms with van der Waals surface area (Å²) in [6, 6.07) is 18.4. The molecule has 0 spiro atoms. The summed E-state index contributed by atoms with van der Waals surface area (Å²) in [7, 11) is -2.43. The summed E-state index contributed by atoms with van der Waals surface area (Å²) >= 11 is 0. The van der Waals surface area contributed by atoms with Crippen LogP contribution in [0.5, 0.6) is 17.2 Å². The smallest absolute Gasteiger partial charge is 0.262 e. The molecule has 180 valence electrons. The molecule has 0 unspecified atom stereocenters. The van der Waals surface area contributed by atoms with Crippen molar-refractivity contribution in [3.8, 4) is 17.2 Å². The van der Waals surface area contributed by atoms with Gasteiger partial charge in [-0.2, -0.15) is 0 Å². The molecule has 34 heavy (non-hydrogen) atoms. The lowest BCUT2D eigenvalue weighted by Crippen LogP contribution is -2.17. The summed E-state index contributed by atoms with van der Waals surface area (Å²) < 4.78 is 44.5. The molecule has 8 nitrogen and oxygen atoms in total. The highest BCUT2D eigenvalue weighted by Gasteiger charge is 2.18.